The number of carbonyl (C=O) groups is 3. The van der Waals surface area contributed by atoms with Gasteiger partial charge in [-0.2, -0.15) is 0 Å². The van der Waals surface area contributed by atoms with Crippen molar-refractivity contribution in [3.8, 4) is 11.5 Å². The first kappa shape index (κ1) is 25.0. The Morgan fingerprint density at radius 1 is 0.853 bits per heavy atom. The number of ether oxygens (including phenoxy) is 2. The van der Waals surface area contributed by atoms with Crippen molar-refractivity contribution in [3.63, 3.8) is 0 Å². The van der Waals surface area contributed by atoms with Gasteiger partial charge in [0.15, 0.2) is 6.10 Å². The number of nitrogens with one attached hydrogen (secondary N) is 1. The Bertz CT molecular complexity index is 1170. The van der Waals surface area contributed by atoms with Crippen LogP contribution in [0.3, 0.4) is 0 Å². The molecule has 176 valence electrons. The quantitative estimate of drug-likeness (QED) is 0.288. The van der Waals surface area contributed by atoms with E-state index in [0.717, 1.165) is 11.3 Å². The number of hydrogen-bond acceptors (Lipinski definition) is 5. The number of amides is 1. The van der Waals surface area contributed by atoms with Gasteiger partial charge < -0.3 is 14.8 Å². The largest absolute Gasteiger partial charge is 0.457 e. The zero-order valence-electron chi connectivity index (χ0n) is 19.3. The molecule has 0 aliphatic heterocycles. The van der Waals surface area contributed by atoms with Crippen LogP contribution in [0.1, 0.15) is 41.3 Å². The van der Waals surface area contributed by atoms with Crippen LogP contribution in [0.5, 0.6) is 11.5 Å². The molecule has 3 aromatic carbocycles. The van der Waals surface area contributed by atoms with Crippen molar-refractivity contribution in [2.75, 3.05) is 5.32 Å². The van der Waals surface area contributed by atoms with Gasteiger partial charge in [-0.1, -0.05) is 17.7 Å². The van der Waals surface area contributed by atoms with E-state index in [4.69, 9.17) is 21.1 Å². The number of esters is 1. The van der Waals surface area contributed by atoms with Crippen molar-refractivity contribution in [1.29, 1.82) is 0 Å². The van der Waals surface area contributed by atoms with Gasteiger partial charge in [0.25, 0.3) is 0 Å². The normalized spacial score (nSPS) is 11.4. The van der Waals surface area contributed by atoms with Crippen LogP contribution in [0.4, 0.5) is 5.69 Å². The minimum atomic E-state index is -0.957. The number of anilines is 1. The maximum Gasteiger partial charge on any atom is 0.307 e. The van der Waals surface area contributed by atoms with Crippen LogP contribution in [0.25, 0.3) is 0 Å². The van der Waals surface area contributed by atoms with E-state index in [1.54, 1.807) is 48.5 Å². The third-order valence-corrected chi connectivity index (χ3v) is 5.47. The number of benzene rings is 3. The topological polar surface area (TPSA) is 81.7 Å². The number of rotatable bonds is 9. The van der Waals surface area contributed by atoms with Crippen LogP contribution in [-0.4, -0.2) is 23.8 Å². The molecule has 0 aromatic heterocycles. The van der Waals surface area contributed by atoms with E-state index < -0.39 is 12.1 Å². The Morgan fingerprint density at radius 3 is 2.15 bits per heavy atom. The molecule has 7 heteroatoms. The molecule has 0 heterocycles. The van der Waals surface area contributed by atoms with E-state index in [2.05, 4.69) is 5.32 Å². The fraction of sp³-hybridized carbons (Fsp3) is 0.222. The predicted molar refractivity (Wildman–Crippen MR) is 132 cm³/mol. The molecule has 0 fully saturated rings. The Morgan fingerprint density at radius 2 is 1.50 bits per heavy atom. The average Bonchev–Trinajstić information content (AvgIpc) is 2.81. The lowest BCUT2D eigenvalue weighted by Gasteiger charge is -2.12. The molecule has 0 aliphatic rings. The molecule has 1 unspecified atom stereocenters. The van der Waals surface area contributed by atoms with Crippen LogP contribution in [-0.2, 0) is 14.3 Å². The number of Topliss-reactive ketones (excluding diaryl/α,β-unsaturated/α-hetero) is 1. The Hall–Kier alpha value is -3.64. The number of carbonyl (C=O) groups excluding carboxylic acids is 3. The summed E-state index contributed by atoms with van der Waals surface area (Å²) in [5, 5.41) is 3.24. The van der Waals surface area contributed by atoms with Crippen LogP contribution in [0.2, 0.25) is 5.02 Å². The van der Waals surface area contributed by atoms with Gasteiger partial charge in [0.05, 0.1) is 6.42 Å². The summed E-state index contributed by atoms with van der Waals surface area (Å²) in [6.45, 7) is 5.56. The molecule has 1 amide bonds. The highest BCUT2D eigenvalue weighted by molar-refractivity contribution is 6.30. The third-order valence-electron chi connectivity index (χ3n) is 5.21. The summed E-state index contributed by atoms with van der Waals surface area (Å²) in [7, 11) is 0. The lowest BCUT2D eigenvalue weighted by molar-refractivity contribution is -0.147. The van der Waals surface area contributed by atoms with Crippen LogP contribution >= 0.6 is 11.6 Å². The molecule has 0 bridgehead atoms. The standard InChI is InChI=1S/C27H26ClNO5/c1-17-4-11-24(16-18(17)2)34-23-12-9-22(10-13-23)29-25(30)14-15-26(31)33-19(3)27(32)20-5-7-21(28)8-6-20/h4-13,16,19H,14-15H2,1-3H3,(H,29,30). The molecular weight excluding hydrogens is 454 g/mol. The third kappa shape index (κ3) is 7.18. The number of halogens is 1. The van der Waals surface area contributed by atoms with Gasteiger partial charge in [0, 0.05) is 22.7 Å². The van der Waals surface area contributed by atoms with Crippen molar-refractivity contribution < 1.29 is 23.9 Å². The van der Waals surface area contributed by atoms with Crippen molar-refractivity contribution in [1.82, 2.24) is 0 Å². The summed E-state index contributed by atoms with van der Waals surface area (Å²) >= 11 is 5.82. The van der Waals surface area contributed by atoms with Crippen molar-refractivity contribution in [2.24, 2.45) is 0 Å². The van der Waals surface area contributed by atoms with E-state index in [1.807, 2.05) is 32.0 Å². The molecule has 34 heavy (non-hydrogen) atoms. The first-order chi connectivity index (χ1) is 16.2. The zero-order valence-corrected chi connectivity index (χ0v) is 20.0. The fourth-order valence-corrected chi connectivity index (χ4v) is 3.24. The van der Waals surface area contributed by atoms with Gasteiger partial charge in [-0.15, -0.1) is 0 Å². The second-order valence-corrected chi connectivity index (χ2v) is 8.36. The maximum atomic E-state index is 12.3. The van der Waals surface area contributed by atoms with Gasteiger partial charge in [-0.25, -0.2) is 0 Å². The van der Waals surface area contributed by atoms with E-state index in [0.29, 0.717) is 22.0 Å². The minimum absolute atomic E-state index is 0.0679. The van der Waals surface area contributed by atoms with E-state index in [1.165, 1.54) is 12.5 Å². The minimum Gasteiger partial charge on any atom is -0.457 e. The van der Waals surface area contributed by atoms with Gasteiger partial charge in [-0.05, 0) is 92.6 Å². The summed E-state index contributed by atoms with van der Waals surface area (Å²) in [6, 6.07) is 19.1. The number of aryl methyl sites for hydroxylation is 2. The van der Waals surface area contributed by atoms with Gasteiger partial charge in [0.2, 0.25) is 11.7 Å². The first-order valence-corrected chi connectivity index (χ1v) is 11.2. The second kappa shape index (κ2) is 11.5. The van der Waals surface area contributed by atoms with E-state index in [-0.39, 0.29) is 24.5 Å². The molecule has 3 aromatic rings. The molecule has 0 spiro atoms. The average molecular weight is 480 g/mol. The monoisotopic (exact) mass is 479 g/mol. The highest BCUT2D eigenvalue weighted by atomic mass is 35.5. The summed E-state index contributed by atoms with van der Waals surface area (Å²) in [5.41, 5.74) is 3.31. The Kier molecular flexibility index (Phi) is 8.44. The SMILES string of the molecule is Cc1ccc(Oc2ccc(NC(=O)CCC(=O)OC(C)C(=O)c3ccc(Cl)cc3)cc2)cc1C. The molecular formula is C27H26ClNO5. The molecule has 3 rings (SSSR count). The summed E-state index contributed by atoms with van der Waals surface area (Å²) < 4.78 is 11.0. The number of ketones is 1. The maximum absolute atomic E-state index is 12.3. The van der Waals surface area contributed by atoms with Gasteiger partial charge in [0.1, 0.15) is 11.5 Å². The lowest BCUT2D eigenvalue weighted by atomic mass is 10.1. The highest BCUT2D eigenvalue weighted by Gasteiger charge is 2.20. The van der Waals surface area contributed by atoms with Crippen molar-refractivity contribution in [2.45, 2.75) is 39.7 Å². The molecule has 6 nitrogen and oxygen atoms in total. The van der Waals surface area contributed by atoms with Crippen LogP contribution < -0.4 is 10.1 Å². The van der Waals surface area contributed by atoms with Crippen LogP contribution in [0, 0.1) is 13.8 Å². The van der Waals surface area contributed by atoms with Crippen molar-refractivity contribution in [3.05, 3.63) is 88.4 Å². The Labute approximate surface area is 203 Å². The van der Waals surface area contributed by atoms with E-state index in [9.17, 15) is 14.4 Å². The Balaban J connectivity index is 1.44. The van der Waals surface area contributed by atoms with Crippen molar-refractivity contribution >= 4 is 34.9 Å². The number of hydrogen-bond donors (Lipinski definition) is 1. The second-order valence-electron chi connectivity index (χ2n) is 7.92. The molecule has 1 atom stereocenters. The first-order valence-electron chi connectivity index (χ1n) is 10.9. The summed E-state index contributed by atoms with van der Waals surface area (Å²) in [6.07, 6.45) is -1.17. The summed E-state index contributed by atoms with van der Waals surface area (Å²) in [5.74, 6) is 0.0856. The lowest BCUT2D eigenvalue weighted by Crippen LogP contribution is -2.25. The molecule has 1 N–H and O–H groups in total. The molecule has 0 saturated carbocycles. The van der Waals surface area contributed by atoms with Gasteiger partial charge in [-0.3, -0.25) is 14.4 Å². The van der Waals surface area contributed by atoms with Gasteiger partial charge >= 0.3 is 5.97 Å². The predicted octanol–water partition coefficient (Wildman–Crippen LogP) is 6.28. The van der Waals surface area contributed by atoms with Crippen LogP contribution in [0.15, 0.2) is 66.7 Å². The van der Waals surface area contributed by atoms with E-state index >= 15 is 0 Å². The zero-order chi connectivity index (χ0) is 24.7. The smallest absolute Gasteiger partial charge is 0.307 e. The molecule has 0 saturated heterocycles. The molecule has 0 radical (unpaired) electrons. The summed E-state index contributed by atoms with van der Waals surface area (Å²) in [4.78, 5) is 36.6. The highest BCUT2D eigenvalue weighted by Crippen LogP contribution is 2.25. The molecule has 0 aliphatic carbocycles. The fourth-order valence-electron chi connectivity index (χ4n) is 3.12.